The van der Waals surface area contributed by atoms with Gasteiger partial charge in [-0.05, 0) is 24.8 Å². The Morgan fingerprint density at radius 2 is 2.10 bits per heavy atom. The number of para-hydroxylation sites is 1. The Kier molecular flexibility index (Phi) is 4.29. The number of nitrogens with one attached hydrogen (secondary N) is 1. The molecule has 1 saturated carbocycles. The van der Waals surface area contributed by atoms with Crippen LogP contribution in [-0.4, -0.2) is 23.9 Å². The molecule has 1 aromatic carbocycles. The van der Waals surface area contributed by atoms with Gasteiger partial charge in [-0.25, -0.2) is 0 Å². The Bertz CT molecular complexity index is 491. The van der Waals surface area contributed by atoms with Gasteiger partial charge in [-0.15, -0.1) is 0 Å². The molecule has 1 aliphatic heterocycles. The third-order valence-corrected chi connectivity index (χ3v) is 5.28. The van der Waals surface area contributed by atoms with E-state index in [0.717, 1.165) is 23.1 Å². The van der Waals surface area contributed by atoms with Crippen LogP contribution in [-0.2, 0) is 4.79 Å². The molecule has 0 saturated heterocycles. The van der Waals surface area contributed by atoms with Crippen molar-refractivity contribution in [3.05, 3.63) is 29.8 Å². The van der Waals surface area contributed by atoms with Gasteiger partial charge in [0.15, 0.2) is 0 Å². The summed E-state index contributed by atoms with van der Waals surface area (Å²) in [4.78, 5) is 12.5. The van der Waals surface area contributed by atoms with E-state index in [2.05, 4.69) is 21.2 Å². The largest absolute Gasteiger partial charge is 0.492 e. The lowest BCUT2D eigenvalue weighted by Gasteiger charge is -2.31. The van der Waals surface area contributed by atoms with Gasteiger partial charge in [0.25, 0.3) is 0 Å². The second-order valence-electron chi connectivity index (χ2n) is 5.72. The molecule has 1 fully saturated rings. The van der Waals surface area contributed by atoms with Crippen molar-refractivity contribution in [2.45, 2.75) is 37.6 Å². The summed E-state index contributed by atoms with van der Waals surface area (Å²) in [6.45, 7) is 0.469. The fraction of sp³-hybridized carbons (Fsp3) is 0.562. The van der Waals surface area contributed by atoms with E-state index in [4.69, 9.17) is 4.74 Å². The van der Waals surface area contributed by atoms with Crippen molar-refractivity contribution in [3.8, 4) is 5.75 Å². The van der Waals surface area contributed by atoms with Crippen LogP contribution in [0.25, 0.3) is 0 Å². The van der Waals surface area contributed by atoms with Crippen LogP contribution in [0.3, 0.4) is 0 Å². The van der Waals surface area contributed by atoms with Gasteiger partial charge in [-0.3, -0.25) is 4.79 Å². The van der Waals surface area contributed by atoms with Crippen LogP contribution in [0.5, 0.6) is 5.75 Å². The average molecular weight is 338 g/mol. The number of fused-ring (bicyclic) bond motifs is 1. The summed E-state index contributed by atoms with van der Waals surface area (Å²) >= 11 is 3.57. The molecule has 3 unspecified atom stereocenters. The topological polar surface area (TPSA) is 38.3 Å². The Balaban J connectivity index is 1.68. The van der Waals surface area contributed by atoms with E-state index in [9.17, 15) is 4.79 Å². The highest BCUT2D eigenvalue weighted by Crippen LogP contribution is 2.34. The van der Waals surface area contributed by atoms with E-state index >= 15 is 0 Å². The fourth-order valence-corrected chi connectivity index (χ4v) is 4.02. The molecular formula is C16H20BrNO2. The summed E-state index contributed by atoms with van der Waals surface area (Å²) < 4.78 is 5.60. The van der Waals surface area contributed by atoms with Gasteiger partial charge in [0.2, 0.25) is 5.91 Å². The maximum Gasteiger partial charge on any atom is 0.231 e. The molecule has 1 amide bonds. The Morgan fingerprint density at radius 3 is 2.95 bits per heavy atom. The Hall–Kier alpha value is -1.03. The summed E-state index contributed by atoms with van der Waals surface area (Å²) in [5.74, 6) is 1.38. The highest BCUT2D eigenvalue weighted by Gasteiger charge is 2.33. The number of hydrogen-bond acceptors (Lipinski definition) is 2. The monoisotopic (exact) mass is 337 g/mol. The minimum Gasteiger partial charge on any atom is -0.492 e. The maximum absolute atomic E-state index is 12.5. The molecular weight excluding hydrogens is 318 g/mol. The van der Waals surface area contributed by atoms with Crippen molar-refractivity contribution < 1.29 is 9.53 Å². The number of carbonyl (C=O) groups is 1. The number of amides is 1. The minimum atomic E-state index is -0.149. The highest BCUT2D eigenvalue weighted by molar-refractivity contribution is 9.09. The summed E-state index contributed by atoms with van der Waals surface area (Å²) in [5, 5.41) is 4.22. The lowest BCUT2D eigenvalue weighted by Crippen LogP contribution is -2.44. The third-order valence-electron chi connectivity index (χ3n) is 4.45. The van der Waals surface area contributed by atoms with E-state index < -0.39 is 0 Å². The predicted octanol–water partition coefficient (Wildman–Crippen LogP) is 3.23. The first-order valence-electron chi connectivity index (χ1n) is 7.37. The smallest absolute Gasteiger partial charge is 0.231 e. The van der Waals surface area contributed by atoms with Crippen LogP contribution in [0.2, 0.25) is 0 Å². The number of benzene rings is 1. The van der Waals surface area contributed by atoms with E-state index in [1.807, 2.05) is 24.3 Å². The second-order valence-corrected chi connectivity index (χ2v) is 6.36. The minimum absolute atomic E-state index is 0.118. The van der Waals surface area contributed by atoms with E-state index in [-0.39, 0.29) is 11.8 Å². The summed E-state index contributed by atoms with van der Waals surface area (Å²) in [6.07, 6.45) is 4.79. The van der Waals surface area contributed by atoms with Gasteiger partial charge in [0.1, 0.15) is 18.3 Å². The SMILES string of the molecule is O=C(NC1CCCCC1CBr)C1COc2ccccc21. The molecule has 1 aliphatic carbocycles. The molecule has 1 N–H and O–H groups in total. The van der Waals surface area contributed by atoms with Crippen LogP contribution in [0, 0.1) is 5.92 Å². The van der Waals surface area contributed by atoms with E-state index in [0.29, 0.717) is 18.6 Å². The molecule has 4 heteroatoms. The quantitative estimate of drug-likeness (QED) is 0.860. The maximum atomic E-state index is 12.5. The summed E-state index contributed by atoms with van der Waals surface area (Å²) in [6, 6.07) is 8.15. The lowest BCUT2D eigenvalue weighted by atomic mass is 9.85. The van der Waals surface area contributed by atoms with Crippen molar-refractivity contribution >= 4 is 21.8 Å². The molecule has 1 heterocycles. The Morgan fingerprint density at radius 1 is 1.30 bits per heavy atom. The predicted molar refractivity (Wildman–Crippen MR) is 82.4 cm³/mol. The summed E-state index contributed by atoms with van der Waals surface area (Å²) in [7, 11) is 0. The molecule has 0 aromatic heterocycles. The van der Waals surface area contributed by atoms with Crippen LogP contribution in [0.4, 0.5) is 0 Å². The normalized spacial score (nSPS) is 28.6. The van der Waals surface area contributed by atoms with Crippen LogP contribution >= 0.6 is 15.9 Å². The number of hydrogen-bond donors (Lipinski definition) is 1. The average Bonchev–Trinajstić information content (AvgIpc) is 2.92. The van der Waals surface area contributed by atoms with Crippen molar-refractivity contribution in [1.29, 1.82) is 0 Å². The van der Waals surface area contributed by atoms with Gasteiger partial charge >= 0.3 is 0 Å². The number of ether oxygens (including phenoxy) is 1. The number of halogens is 1. The van der Waals surface area contributed by atoms with Gasteiger partial charge in [-0.2, -0.15) is 0 Å². The molecule has 0 radical (unpaired) electrons. The molecule has 108 valence electrons. The molecule has 20 heavy (non-hydrogen) atoms. The van der Waals surface area contributed by atoms with Crippen LogP contribution < -0.4 is 10.1 Å². The molecule has 3 atom stereocenters. The highest BCUT2D eigenvalue weighted by atomic mass is 79.9. The molecule has 3 rings (SSSR count). The molecule has 0 spiro atoms. The van der Waals surface area contributed by atoms with Crippen LogP contribution in [0.1, 0.15) is 37.2 Å². The van der Waals surface area contributed by atoms with Gasteiger partial charge in [0, 0.05) is 16.9 Å². The number of carbonyl (C=O) groups excluding carboxylic acids is 1. The standard InChI is InChI=1S/C16H20BrNO2/c17-9-11-5-1-3-7-14(11)18-16(19)13-10-20-15-8-4-2-6-12(13)15/h2,4,6,8,11,13-14H,1,3,5,7,9-10H2,(H,18,19). The zero-order valence-corrected chi connectivity index (χ0v) is 13.1. The first-order valence-corrected chi connectivity index (χ1v) is 8.50. The number of alkyl halides is 1. The van der Waals surface area contributed by atoms with E-state index in [1.165, 1.54) is 19.3 Å². The first-order chi connectivity index (χ1) is 9.79. The summed E-state index contributed by atoms with van der Waals surface area (Å²) in [5.41, 5.74) is 1.02. The van der Waals surface area contributed by atoms with Gasteiger partial charge < -0.3 is 10.1 Å². The fourth-order valence-electron chi connectivity index (χ4n) is 3.25. The van der Waals surface area contributed by atoms with Gasteiger partial charge in [-0.1, -0.05) is 47.0 Å². The first kappa shape index (κ1) is 13.9. The number of rotatable bonds is 3. The molecule has 1 aromatic rings. The van der Waals surface area contributed by atoms with Crippen LogP contribution in [0.15, 0.2) is 24.3 Å². The van der Waals surface area contributed by atoms with Crippen molar-refractivity contribution in [2.24, 2.45) is 5.92 Å². The van der Waals surface area contributed by atoms with E-state index in [1.54, 1.807) is 0 Å². The third kappa shape index (κ3) is 2.71. The Labute approximate surface area is 128 Å². The molecule has 3 nitrogen and oxygen atoms in total. The second kappa shape index (κ2) is 6.17. The molecule has 2 aliphatic rings. The molecule has 0 bridgehead atoms. The zero-order chi connectivity index (χ0) is 13.9. The van der Waals surface area contributed by atoms with Gasteiger partial charge in [0.05, 0.1) is 0 Å². The van der Waals surface area contributed by atoms with Crippen molar-refractivity contribution in [2.75, 3.05) is 11.9 Å². The van der Waals surface area contributed by atoms with Crippen molar-refractivity contribution in [3.63, 3.8) is 0 Å². The lowest BCUT2D eigenvalue weighted by molar-refractivity contribution is -0.124. The zero-order valence-electron chi connectivity index (χ0n) is 11.5. The van der Waals surface area contributed by atoms with Crippen molar-refractivity contribution in [1.82, 2.24) is 5.32 Å².